The van der Waals surface area contributed by atoms with E-state index in [9.17, 15) is 0 Å². The van der Waals surface area contributed by atoms with Crippen molar-refractivity contribution in [2.75, 3.05) is 0 Å². The minimum atomic E-state index is 0.563. The summed E-state index contributed by atoms with van der Waals surface area (Å²) in [4.78, 5) is 9.53. The Morgan fingerprint density at radius 3 is 1.79 bits per heavy atom. The van der Waals surface area contributed by atoms with E-state index in [0.717, 1.165) is 44.0 Å². The average Bonchev–Trinajstić information content (AvgIpc) is 2.89. The number of hydrogen-bond donors (Lipinski definition) is 0. The highest BCUT2D eigenvalue weighted by atomic mass is 35.5. The summed E-state index contributed by atoms with van der Waals surface area (Å²) in [5, 5.41) is 1.15. The zero-order chi connectivity index (χ0) is 23.3. The number of hydrogen-bond acceptors (Lipinski definition) is 3. The van der Waals surface area contributed by atoms with Crippen molar-refractivity contribution in [3.63, 3.8) is 0 Å². The first kappa shape index (κ1) is 22.5. The van der Waals surface area contributed by atoms with E-state index in [4.69, 9.17) is 27.9 Å². The van der Waals surface area contributed by atoms with Crippen LogP contribution in [0.3, 0.4) is 0 Å². The highest BCUT2D eigenvalue weighted by Crippen LogP contribution is 2.43. The fraction of sp³-hybridized carbons (Fsp3) is 0. The number of nitrogens with zero attached hydrogens (tertiary/aromatic N) is 3. The Bertz CT molecular complexity index is 1350. The van der Waals surface area contributed by atoms with Gasteiger partial charge in [-0.3, -0.25) is 9.97 Å². The largest absolute Gasteiger partial charge is 0.264 e. The highest BCUT2D eigenvalue weighted by molar-refractivity contribution is 7.97. The van der Waals surface area contributed by atoms with Crippen molar-refractivity contribution in [1.29, 1.82) is 0 Å². The first-order valence-electron chi connectivity index (χ1n) is 10.6. The Balaban J connectivity index is 1.70. The molecule has 0 N–H and O–H groups in total. The molecule has 0 bridgehead atoms. The van der Waals surface area contributed by atoms with Gasteiger partial charge in [-0.25, -0.2) is 4.72 Å². The van der Waals surface area contributed by atoms with E-state index in [0.29, 0.717) is 10.0 Å². The van der Waals surface area contributed by atoms with E-state index >= 15 is 0 Å². The summed E-state index contributed by atoms with van der Waals surface area (Å²) in [6.45, 7) is 0. The predicted molar refractivity (Wildman–Crippen MR) is 142 cm³/mol. The van der Waals surface area contributed by atoms with Crippen molar-refractivity contribution in [3.05, 3.63) is 120 Å². The summed E-state index contributed by atoms with van der Waals surface area (Å²) in [7, 11) is 0. The Hall–Kier alpha value is -3.31. The maximum Gasteiger partial charge on any atom is 0.0875 e. The Labute approximate surface area is 213 Å². The molecule has 5 aromatic rings. The molecule has 34 heavy (non-hydrogen) atoms. The lowest BCUT2D eigenvalue weighted by Crippen LogP contribution is -1.96. The van der Waals surface area contributed by atoms with Crippen LogP contribution in [0.15, 0.2) is 115 Å². The molecule has 2 aromatic heterocycles. The van der Waals surface area contributed by atoms with Crippen molar-refractivity contribution in [3.8, 4) is 33.4 Å². The molecule has 0 amide bonds. The summed E-state index contributed by atoms with van der Waals surface area (Å²) in [5.74, 6) is 0. The Morgan fingerprint density at radius 1 is 0.618 bits per heavy atom. The van der Waals surface area contributed by atoms with Crippen molar-refractivity contribution in [2.45, 2.75) is 4.90 Å². The maximum absolute atomic E-state index is 6.43. The minimum Gasteiger partial charge on any atom is -0.264 e. The monoisotopic (exact) mass is 498 g/mol. The van der Waals surface area contributed by atoms with Gasteiger partial charge < -0.3 is 0 Å². The smallest absolute Gasteiger partial charge is 0.0875 e. The molecule has 0 atom stereocenters. The molecule has 0 spiro atoms. The van der Waals surface area contributed by atoms with Crippen LogP contribution in [0.4, 0.5) is 5.69 Å². The van der Waals surface area contributed by atoms with Gasteiger partial charge in [-0.05, 0) is 53.6 Å². The lowest BCUT2D eigenvalue weighted by molar-refractivity contribution is 1.29. The molecule has 165 valence electrons. The van der Waals surface area contributed by atoms with Crippen LogP contribution in [-0.2, 0) is 0 Å². The summed E-state index contributed by atoms with van der Waals surface area (Å²) in [5.41, 5.74) is 6.96. The SMILES string of the molecule is Clc1ccc(S[N]c2c(-c3cccnc3)cc(-c3ccccc3)cc2-c2cccnc2)c(Cl)c1. The van der Waals surface area contributed by atoms with Crippen LogP contribution in [0.1, 0.15) is 0 Å². The first-order valence-corrected chi connectivity index (χ1v) is 12.1. The Morgan fingerprint density at radius 2 is 1.24 bits per heavy atom. The predicted octanol–water partition coefficient (Wildman–Crippen LogP) is 8.73. The molecule has 3 aromatic carbocycles. The highest BCUT2D eigenvalue weighted by Gasteiger charge is 2.18. The molecule has 0 saturated carbocycles. The lowest BCUT2D eigenvalue weighted by Gasteiger charge is -2.17. The summed E-state index contributed by atoms with van der Waals surface area (Å²) >= 11 is 13.8. The molecule has 5 rings (SSSR count). The summed E-state index contributed by atoms with van der Waals surface area (Å²) in [6.07, 6.45) is 7.25. The fourth-order valence-corrected chi connectivity index (χ4v) is 4.83. The number of aromatic nitrogens is 2. The van der Waals surface area contributed by atoms with Crippen LogP contribution < -0.4 is 4.72 Å². The quantitative estimate of drug-likeness (QED) is 0.219. The van der Waals surface area contributed by atoms with Crippen LogP contribution in [-0.4, -0.2) is 9.97 Å². The second kappa shape index (κ2) is 10.3. The number of benzene rings is 3. The molecule has 0 aliphatic heterocycles. The summed E-state index contributed by atoms with van der Waals surface area (Å²) < 4.78 is 4.99. The van der Waals surface area contributed by atoms with E-state index in [1.165, 1.54) is 11.9 Å². The third-order valence-corrected chi connectivity index (χ3v) is 6.78. The van der Waals surface area contributed by atoms with Crippen molar-refractivity contribution in [2.24, 2.45) is 0 Å². The van der Waals surface area contributed by atoms with Gasteiger partial charge in [0.05, 0.1) is 10.7 Å². The molecule has 0 aliphatic rings. The zero-order valence-corrected chi connectivity index (χ0v) is 20.2. The van der Waals surface area contributed by atoms with Crippen LogP contribution in [0.25, 0.3) is 33.4 Å². The van der Waals surface area contributed by atoms with E-state index < -0.39 is 0 Å². The molecule has 0 unspecified atom stereocenters. The zero-order valence-electron chi connectivity index (χ0n) is 17.9. The van der Waals surface area contributed by atoms with Gasteiger partial charge in [-0.2, -0.15) is 0 Å². The molecule has 0 aliphatic carbocycles. The van der Waals surface area contributed by atoms with Gasteiger partial charge in [0.2, 0.25) is 0 Å². The standard InChI is InChI=1S/C28H18Cl2N3S/c29-23-10-11-27(26(30)16-23)34-33-28-24(20-8-4-12-31-17-20)14-22(19-6-2-1-3-7-19)15-25(28)21-9-5-13-32-18-21/h1-18H. The topological polar surface area (TPSA) is 39.9 Å². The maximum atomic E-state index is 6.43. The number of pyridine rings is 2. The number of halogens is 2. The first-order chi connectivity index (χ1) is 16.7. The van der Waals surface area contributed by atoms with Crippen LogP contribution in [0.5, 0.6) is 0 Å². The van der Waals surface area contributed by atoms with E-state index in [2.05, 4.69) is 34.2 Å². The van der Waals surface area contributed by atoms with Gasteiger partial charge >= 0.3 is 0 Å². The normalized spacial score (nSPS) is 10.8. The van der Waals surface area contributed by atoms with Gasteiger partial charge in [0.25, 0.3) is 0 Å². The molecule has 0 fully saturated rings. The molecular formula is C28H18Cl2N3S. The molecular weight excluding hydrogens is 481 g/mol. The third-order valence-electron chi connectivity index (χ3n) is 5.29. The van der Waals surface area contributed by atoms with Crippen LogP contribution >= 0.6 is 35.1 Å². The van der Waals surface area contributed by atoms with Gasteiger partial charge in [-0.1, -0.05) is 65.7 Å². The van der Waals surface area contributed by atoms with Gasteiger partial charge in [0.1, 0.15) is 0 Å². The molecule has 2 heterocycles. The van der Waals surface area contributed by atoms with E-state index in [1.807, 2.05) is 67.0 Å². The van der Waals surface area contributed by atoms with Gasteiger partial charge in [0.15, 0.2) is 0 Å². The lowest BCUT2D eigenvalue weighted by atomic mass is 9.92. The second-order valence-electron chi connectivity index (χ2n) is 7.53. The third kappa shape index (κ3) is 4.95. The van der Waals surface area contributed by atoms with Gasteiger partial charge in [0, 0.05) is 68.9 Å². The second-order valence-corrected chi connectivity index (χ2v) is 9.18. The minimum absolute atomic E-state index is 0.563. The molecule has 3 nitrogen and oxygen atoms in total. The fourth-order valence-electron chi connectivity index (χ4n) is 3.66. The van der Waals surface area contributed by atoms with Crippen molar-refractivity contribution >= 4 is 40.8 Å². The van der Waals surface area contributed by atoms with E-state index in [1.54, 1.807) is 18.5 Å². The molecule has 1 radical (unpaired) electrons. The van der Waals surface area contributed by atoms with E-state index in [-0.39, 0.29) is 0 Å². The molecule has 0 saturated heterocycles. The van der Waals surface area contributed by atoms with Gasteiger partial charge in [-0.15, -0.1) is 0 Å². The van der Waals surface area contributed by atoms with Crippen LogP contribution in [0.2, 0.25) is 10.0 Å². The average molecular weight is 499 g/mol. The Kier molecular flexibility index (Phi) is 6.82. The van der Waals surface area contributed by atoms with Crippen molar-refractivity contribution < 1.29 is 0 Å². The summed E-state index contributed by atoms with van der Waals surface area (Å²) in [6, 6.07) is 28.0. The number of rotatable bonds is 6. The van der Waals surface area contributed by atoms with Crippen LogP contribution in [0, 0.1) is 0 Å². The molecule has 6 heteroatoms. The van der Waals surface area contributed by atoms with Crippen molar-refractivity contribution in [1.82, 2.24) is 14.7 Å².